The highest BCUT2D eigenvalue weighted by atomic mass is 16.3. The van der Waals surface area contributed by atoms with Crippen LogP contribution in [0.3, 0.4) is 0 Å². The molecule has 0 unspecified atom stereocenters. The average molecular weight is 282 g/mol. The Morgan fingerprint density at radius 1 is 1.05 bits per heavy atom. The predicted molar refractivity (Wildman–Crippen MR) is 79.6 cm³/mol. The fourth-order valence-corrected chi connectivity index (χ4v) is 2.30. The number of phenols is 2. The molecule has 3 aromatic rings. The highest BCUT2D eigenvalue weighted by Crippen LogP contribution is 2.33. The Balaban J connectivity index is 2.19. The summed E-state index contributed by atoms with van der Waals surface area (Å²) in [7, 11) is 0. The highest BCUT2D eigenvalue weighted by molar-refractivity contribution is 6.07. The van der Waals surface area contributed by atoms with Gasteiger partial charge in [-0.15, -0.1) is 0 Å². The van der Waals surface area contributed by atoms with Crippen LogP contribution in [0.25, 0.3) is 22.3 Å². The lowest BCUT2D eigenvalue weighted by Crippen LogP contribution is -1.96. The lowest BCUT2D eigenvalue weighted by molar-refractivity contribution is 0.0988. The van der Waals surface area contributed by atoms with Crippen molar-refractivity contribution in [3.8, 4) is 22.8 Å². The van der Waals surface area contributed by atoms with Gasteiger partial charge >= 0.3 is 0 Å². The van der Waals surface area contributed by atoms with Gasteiger partial charge in [0.25, 0.3) is 0 Å². The van der Waals surface area contributed by atoms with Gasteiger partial charge in [-0.2, -0.15) is 0 Å². The first-order valence-electron chi connectivity index (χ1n) is 6.67. The number of phenolic OH excluding ortho intramolecular Hbond substituents is 2. The van der Waals surface area contributed by atoms with Gasteiger partial charge in [0, 0.05) is 17.4 Å². The van der Waals surface area contributed by atoms with Crippen molar-refractivity contribution in [1.29, 1.82) is 0 Å². The van der Waals surface area contributed by atoms with Crippen molar-refractivity contribution in [2.24, 2.45) is 0 Å². The molecule has 106 valence electrons. The number of hydrogen-bond acceptors (Lipinski definition) is 4. The summed E-state index contributed by atoms with van der Waals surface area (Å²) in [5, 5.41) is 19.7. The topological polar surface area (TPSA) is 70.7 Å². The van der Waals surface area contributed by atoms with Crippen LogP contribution in [0.15, 0.2) is 46.9 Å². The van der Waals surface area contributed by atoms with Crippen LogP contribution >= 0.6 is 0 Å². The predicted octanol–water partition coefficient (Wildman–Crippen LogP) is 4.10. The van der Waals surface area contributed by atoms with E-state index < -0.39 is 0 Å². The van der Waals surface area contributed by atoms with Crippen molar-refractivity contribution in [2.45, 2.75) is 13.3 Å². The molecule has 0 bridgehead atoms. The van der Waals surface area contributed by atoms with Crippen LogP contribution in [0.4, 0.5) is 0 Å². The molecule has 0 amide bonds. The van der Waals surface area contributed by atoms with Crippen molar-refractivity contribution >= 4 is 16.8 Å². The minimum Gasteiger partial charge on any atom is -0.508 e. The van der Waals surface area contributed by atoms with Crippen LogP contribution < -0.4 is 0 Å². The molecule has 0 saturated carbocycles. The van der Waals surface area contributed by atoms with Crippen LogP contribution in [-0.2, 0) is 0 Å². The van der Waals surface area contributed by atoms with E-state index in [0.717, 1.165) is 5.56 Å². The van der Waals surface area contributed by atoms with E-state index in [1.54, 1.807) is 43.3 Å². The van der Waals surface area contributed by atoms with E-state index >= 15 is 0 Å². The van der Waals surface area contributed by atoms with Crippen molar-refractivity contribution in [2.75, 3.05) is 0 Å². The molecule has 1 aromatic heterocycles. The number of ketones is 1. The lowest BCUT2D eigenvalue weighted by Gasteiger charge is -2.01. The second-order valence-electron chi connectivity index (χ2n) is 4.85. The zero-order valence-corrected chi connectivity index (χ0v) is 11.5. The van der Waals surface area contributed by atoms with Gasteiger partial charge in [-0.3, -0.25) is 4.79 Å². The van der Waals surface area contributed by atoms with Crippen LogP contribution in [0, 0.1) is 0 Å². The molecule has 21 heavy (non-hydrogen) atoms. The van der Waals surface area contributed by atoms with Gasteiger partial charge in [-0.25, -0.2) is 0 Å². The molecule has 0 aliphatic heterocycles. The molecule has 2 aromatic carbocycles. The second kappa shape index (κ2) is 4.98. The molecule has 0 atom stereocenters. The number of carbonyl (C=O) groups is 1. The third-order valence-corrected chi connectivity index (χ3v) is 3.37. The number of benzene rings is 2. The number of rotatable bonds is 3. The fraction of sp³-hybridized carbons (Fsp3) is 0.118. The van der Waals surface area contributed by atoms with Gasteiger partial charge in [0.1, 0.15) is 22.8 Å². The third kappa shape index (κ3) is 2.36. The van der Waals surface area contributed by atoms with E-state index in [9.17, 15) is 15.0 Å². The monoisotopic (exact) mass is 282 g/mol. The molecule has 0 saturated heterocycles. The summed E-state index contributed by atoms with van der Waals surface area (Å²) in [5.41, 5.74) is 1.65. The number of furan rings is 1. The second-order valence-corrected chi connectivity index (χ2v) is 4.85. The molecule has 0 aliphatic rings. The first-order chi connectivity index (χ1) is 10.1. The Hall–Kier alpha value is -2.75. The van der Waals surface area contributed by atoms with Crippen LogP contribution in [-0.4, -0.2) is 16.0 Å². The quantitative estimate of drug-likeness (QED) is 0.709. The van der Waals surface area contributed by atoms with Crippen molar-refractivity contribution in [3.63, 3.8) is 0 Å². The molecule has 3 rings (SSSR count). The maximum atomic E-state index is 12.0. The summed E-state index contributed by atoms with van der Waals surface area (Å²) in [6, 6.07) is 11.4. The lowest BCUT2D eigenvalue weighted by atomic mass is 10.1. The Labute approximate surface area is 121 Å². The summed E-state index contributed by atoms with van der Waals surface area (Å²) in [6.45, 7) is 1.77. The standard InChI is InChI=1S/C17H14O4/c1-2-15(20)14-9-13(19)7-11-8-16(21-17(11)14)10-3-5-12(18)6-4-10/h3-9,18-19H,2H2,1H3. The Kier molecular flexibility index (Phi) is 3.14. The minimum atomic E-state index is -0.0810. The Morgan fingerprint density at radius 2 is 1.76 bits per heavy atom. The molecular weight excluding hydrogens is 268 g/mol. The van der Waals surface area contributed by atoms with Gasteiger partial charge in [0.05, 0.1) is 5.56 Å². The first kappa shape index (κ1) is 13.2. The zero-order valence-electron chi connectivity index (χ0n) is 11.5. The van der Waals surface area contributed by atoms with E-state index in [1.807, 2.05) is 0 Å². The van der Waals surface area contributed by atoms with Crippen molar-refractivity contribution < 1.29 is 19.4 Å². The molecule has 0 fully saturated rings. The number of hydrogen-bond donors (Lipinski definition) is 2. The van der Waals surface area contributed by atoms with E-state index in [1.165, 1.54) is 6.07 Å². The molecule has 4 nitrogen and oxygen atoms in total. The average Bonchev–Trinajstić information content (AvgIpc) is 2.89. The Morgan fingerprint density at radius 3 is 2.43 bits per heavy atom. The van der Waals surface area contributed by atoms with Gasteiger partial charge < -0.3 is 14.6 Å². The summed E-state index contributed by atoms with van der Waals surface area (Å²) >= 11 is 0. The number of Topliss-reactive ketones (excluding diaryl/α,β-unsaturated/α-hetero) is 1. The summed E-state index contributed by atoms with van der Waals surface area (Å²) in [6.07, 6.45) is 0.341. The smallest absolute Gasteiger partial charge is 0.166 e. The van der Waals surface area contributed by atoms with E-state index in [0.29, 0.717) is 28.7 Å². The minimum absolute atomic E-state index is 0.0392. The molecule has 0 spiro atoms. The maximum Gasteiger partial charge on any atom is 0.166 e. The molecular formula is C17H14O4. The highest BCUT2D eigenvalue weighted by Gasteiger charge is 2.15. The number of carbonyl (C=O) groups excluding carboxylic acids is 1. The fourth-order valence-electron chi connectivity index (χ4n) is 2.30. The first-order valence-corrected chi connectivity index (χ1v) is 6.67. The molecule has 0 aliphatic carbocycles. The van der Waals surface area contributed by atoms with E-state index in [2.05, 4.69) is 0 Å². The normalized spacial score (nSPS) is 10.9. The van der Waals surface area contributed by atoms with Crippen molar-refractivity contribution in [3.05, 3.63) is 48.0 Å². The third-order valence-electron chi connectivity index (χ3n) is 3.37. The molecule has 4 heteroatoms. The van der Waals surface area contributed by atoms with Crippen LogP contribution in [0.5, 0.6) is 11.5 Å². The van der Waals surface area contributed by atoms with Gasteiger partial charge in [0.15, 0.2) is 5.78 Å². The van der Waals surface area contributed by atoms with Crippen LogP contribution in [0.1, 0.15) is 23.7 Å². The van der Waals surface area contributed by atoms with Gasteiger partial charge in [-0.05, 0) is 42.5 Å². The van der Waals surface area contributed by atoms with E-state index in [4.69, 9.17) is 4.42 Å². The summed E-state index contributed by atoms with van der Waals surface area (Å²) < 4.78 is 5.79. The molecule has 0 radical (unpaired) electrons. The SMILES string of the molecule is CCC(=O)c1cc(O)cc2cc(-c3ccc(O)cc3)oc12. The van der Waals surface area contributed by atoms with Crippen LogP contribution in [0.2, 0.25) is 0 Å². The number of aromatic hydroxyl groups is 2. The van der Waals surface area contributed by atoms with Crippen molar-refractivity contribution in [1.82, 2.24) is 0 Å². The number of fused-ring (bicyclic) bond motifs is 1. The Bertz CT molecular complexity index is 813. The zero-order chi connectivity index (χ0) is 15.0. The van der Waals surface area contributed by atoms with E-state index in [-0.39, 0.29) is 17.3 Å². The van der Waals surface area contributed by atoms with Gasteiger partial charge in [0.2, 0.25) is 0 Å². The molecule has 1 heterocycles. The largest absolute Gasteiger partial charge is 0.508 e. The summed E-state index contributed by atoms with van der Waals surface area (Å²) in [4.78, 5) is 12.0. The summed E-state index contributed by atoms with van der Waals surface area (Å²) in [5.74, 6) is 0.718. The van der Waals surface area contributed by atoms with Gasteiger partial charge in [-0.1, -0.05) is 6.92 Å². The maximum absolute atomic E-state index is 12.0. The molecule has 2 N–H and O–H groups in total.